The lowest BCUT2D eigenvalue weighted by Gasteiger charge is -2.35. The lowest BCUT2D eigenvalue weighted by Crippen LogP contribution is -2.47. The van der Waals surface area contributed by atoms with E-state index in [4.69, 9.17) is 4.98 Å². The van der Waals surface area contributed by atoms with Gasteiger partial charge in [-0.15, -0.1) is 0 Å². The van der Waals surface area contributed by atoms with Gasteiger partial charge in [-0.3, -0.25) is 14.4 Å². The largest absolute Gasteiger partial charge is 0.378 e. The van der Waals surface area contributed by atoms with E-state index in [0.29, 0.717) is 11.6 Å². The van der Waals surface area contributed by atoms with E-state index < -0.39 is 0 Å². The van der Waals surface area contributed by atoms with Crippen LogP contribution in [0.1, 0.15) is 31.1 Å². The lowest BCUT2D eigenvalue weighted by atomic mass is 10.0. The first kappa shape index (κ1) is 25.1. The summed E-state index contributed by atoms with van der Waals surface area (Å²) in [6.45, 7) is 10.2. The molecule has 2 aromatic rings. The number of hydrogen-bond acceptors (Lipinski definition) is 6. The van der Waals surface area contributed by atoms with Gasteiger partial charge in [0, 0.05) is 77.4 Å². The number of allylic oxidation sites excluding steroid dienone is 3. The minimum Gasteiger partial charge on any atom is -0.378 e. The second-order valence-electron chi connectivity index (χ2n) is 7.51. The zero-order chi connectivity index (χ0) is 23.7. The maximum Gasteiger partial charge on any atom is 0.255 e. The molecule has 1 aliphatic heterocycles. The van der Waals surface area contributed by atoms with Gasteiger partial charge in [0.05, 0.1) is 5.69 Å². The zero-order valence-corrected chi connectivity index (χ0v) is 20.2. The fraction of sp³-hybridized carbons (Fsp3) is 0.400. The molecule has 3 rings (SSSR count). The number of hydrogen-bond donors (Lipinski definition) is 1. The van der Waals surface area contributed by atoms with Crippen molar-refractivity contribution in [2.45, 2.75) is 19.9 Å². The zero-order valence-electron chi connectivity index (χ0n) is 20.2. The number of aliphatic imine (C=N–C) groups is 1. The van der Waals surface area contributed by atoms with Gasteiger partial charge < -0.3 is 15.1 Å². The summed E-state index contributed by atoms with van der Waals surface area (Å²) < 4.78 is 1.61. The van der Waals surface area contributed by atoms with Gasteiger partial charge in [0.25, 0.3) is 5.56 Å². The number of nitrogens with zero attached hydrogens (tertiary/aromatic N) is 5. The van der Waals surface area contributed by atoms with Gasteiger partial charge in [-0.1, -0.05) is 38.6 Å². The van der Waals surface area contributed by atoms with Crippen LogP contribution in [-0.2, 0) is 7.05 Å². The molecule has 1 atom stereocenters. The van der Waals surface area contributed by atoms with E-state index in [1.807, 2.05) is 34.0 Å². The van der Waals surface area contributed by atoms with Gasteiger partial charge in [-0.2, -0.15) is 0 Å². The molecule has 172 valence electrons. The molecule has 0 aliphatic carbocycles. The summed E-state index contributed by atoms with van der Waals surface area (Å²) in [5.41, 5.74) is 3.67. The Labute approximate surface area is 191 Å². The number of piperazine rings is 1. The van der Waals surface area contributed by atoms with Gasteiger partial charge in [-0.05, 0) is 23.8 Å². The minimum absolute atomic E-state index is 0.0957. The highest BCUT2D eigenvalue weighted by atomic mass is 16.1. The number of aromatic nitrogens is 2. The normalized spacial score (nSPS) is 16.5. The minimum atomic E-state index is -0.0957. The van der Waals surface area contributed by atoms with Crippen LogP contribution in [0.2, 0.25) is 0 Å². The van der Waals surface area contributed by atoms with Gasteiger partial charge in [0.1, 0.15) is 0 Å². The average Bonchev–Trinajstić information content (AvgIpc) is 2.83. The van der Waals surface area contributed by atoms with E-state index in [1.54, 1.807) is 37.0 Å². The molecular formula is C25H36N6O. The van der Waals surface area contributed by atoms with Gasteiger partial charge >= 0.3 is 0 Å². The molecule has 7 heteroatoms. The summed E-state index contributed by atoms with van der Waals surface area (Å²) in [6.07, 6.45) is 5.18. The Morgan fingerprint density at radius 1 is 1.28 bits per heavy atom. The number of rotatable bonds is 6. The van der Waals surface area contributed by atoms with Crippen molar-refractivity contribution in [1.29, 1.82) is 0 Å². The van der Waals surface area contributed by atoms with Crippen LogP contribution in [0.25, 0.3) is 5.57 Å². The Hall–Kier alpha value is -3.19. The number of anilines is 2. The fourth-order valence-electron chi connectivity index (χ4n) is 3.53. The smallest absolute Gasteiger partial charge is 0.255 e. The average molecular weight is 437 g/mol. The number of nitrogens with one attached hydrogen (secondary N) is 1. The van der Waals surface area contributed by atoms with Crippen molar-refractivity contribution in [3.05, 3.63) is 70.7 Å². The first-order valence-electron chi connectivity index (χ1n) is 11.0. The highest BCUT2D eigenvalue weighted by Crippen LogP contribution is 2.23. The maximum absolute atomic E-state index is 12.6. The second-order valence-corrected chi connectivity index (χ2v) is 7.51. The lowest BCUT2D eigenvalue weighted by molar-refractivity contribution is 0.462. The van der Waals surface area contributed by atoms with Crippen LogP contribution in [0, 0.1) is 0 Å². The van der Waals surface area contributed by atoms with E-state index in [-0.39, 0.29) is 11.6 Å². The third-order valence-electron chi connectivity index (χ3n) is 5.30. The van der Waals surface area contributed by atoms with Crippen molar-refractivity contribution in [2.75, 3.05) is 50.6 Å². The molecule has 0 saturated carbocycles. The molecule has 2 heterocycles. The Balaban J connectivity index is 0.00000176. The first-order chi connectivity index (χ1) is 15.4. The third-order valence-corrected chi connectivity index (χ3v) is 5.30. The van der Waals surface area contributed by atoms with Crippen LogP contribution in [0.4, 0.5) is 11.6 Å². The van der Waals surface area contributed by atoms with E-state index in [9.17, 15) is 4.79 Å². The fourth-order valence-corrected chi connectivity index (χ4v) is 3.53. The van der Waals surface area contributed by atoms with Crippen molar-refractivity contribution in [3.8, 4) is 0 Å². The Kier molecular flexibility index (Phi) is 9.40. The first-order valence-corrected chi connectivity index (χ1v) is 11.0. The monoisotopic (exact) mass is 436 g/mol. The summed E-state index contributed by atoms with van der Waals surface area (Å²) in [5.74, 6) is 0.662. The van der Waals surface area contributed by atoms with Crippen LogP contribution in [0.15, 0.2) is 58.8 Å². The van der Waals surface area contributed by atoms with Gasteiger partial charge in [0.2, 0.25) is 5.95 Å². The molecule has 0 bridgehead atoms. The van der Waals surface area contributed by atoms with Crippen molar-refractivity contribution in [3.63, 3.8) is 0 Å². The third kappa shape index (κ3) is 5.95. The Morgan fingerprint density at radius 2 is 1.97 bits per heavy atom. The van der Waals surface area contributed by atoms with Crippen molar-refractivity contribution in [1.82, 2.24) is 14.9 Å². The summed E-state index contributed by atoms with van der Waals surface area (Å²) >= 11 is 0. The van der Waals surface area contributed by atoms with E-state index >= 15 is 0 Å². The molecule has 1 unspecified atom stereocenters. The van der Waals surface area contributed by atoms with Crippen LogP contribution in [0.3, 0.4) is 0 Å². The molecule has 1 aliphatic rings. The van der Waals surface area contributed by atoms with E-state index in [2.05, 4.69) is 51.0 Å². The molecule has 7 nitrogen and oxygen atoms in total. The standard InChI is InChI=1S/C23H30N6O.C2H6/c1-6-17(11-12-24-2)20-15-22(30)28(5)23(26-20)29-14-13-25-21(16-29)18-7-9-19(10-8-18)27(3)4;1-2/h6-12,15,21,25H,1,13-14,16H2,2-5H3;1-2H3/b17-11+,24-12?;. The maximum atomic E-state index is 12.6. The van der Waals surface area contributed by atoms with Crippen LogP contribution >= 0.6 is 0 Å². The van der Waals surface area contributed by atoms with Crippen LogP contribution in [0.5, 0.6) is 0 Å². The second kappa shape index (κ2) is 12.0. The Morgan fingerprint density at radius 3 is 2.56 bits per heavy atom. The molecule has 1 fully saturated rings. The van der Waals surface area contributed by atoms with Crippen molar-refractivity contribution in [2.24, 2.45) is 12.0 Å². The number of benzene rings is 1. The van der Waals surface area contributed by atoms with Gasteiger partial charge in [0.15, 0.2) is 0 Å². The summed E-state index contributed by atoms with van der Waals surface area (Å²) in [6, 6.07) is 10.3. The highest BCUT2D eigenvalue weighted by Gasteiger charge is 2.24. The van der Waals surface area contributed by atoms with Crippen LogP contribution in [-0.4, -0.2) is 56.5 Å². The van der Waals surface area contributed by atoms with E-state index in [0.717, 1.165) is 25.2 Å². The quantitative estimate of drug-likeness (QED) is 0.556. The molecule has 32 heavy (non-hydrogen) atoms. The summed E-state index contributed by atoms with van der Waals surface area (Å²) in [4.78, 5) is 25.7. The summed E-state index contributed by atoms with van der Waals surface area (Å²) in [5, 5.41) is 3.58. The Bertz CT molecular complexity index is 1000. The molecule has 0 spiro atoms. The van der Waals surface area contributed by atoms with E-state index in [1.165, 1.54) is 11.3 Å². The highest BCUT2D eigenvalue weighted by molar-refractivity contribution is 5.87. The molecule has 0 amide bonds. The van der Waals surface area contributed by atoms with Crippen LogP contribution < -0.4 is 20.7 Å². The molecule has 1 N–H and O–H groups in total. The molecular weight excluding hydrogens is 400 g/mol. The van der Waals surface area contributed by atoms with Crippen molar-refractivity contribution >= 4 is 23.4 Å². The van der Waals surface area contributed by atoms with Crippen molar-refractivity contribution < 1.29 is 0 Å². The molecule has 0 radical (unpaired) electrons. The predicted molar refractivity (Wildman–Crippen MR) is 137 cm³/mol. The predicted octanol–water partition coefficient (Wildman–Crippen LogP) is 3.29. The molecule has 1 saturated heterocycles. The molecule has 1 aromatic heterocycles. The SMILES string of the molecule is C=C/C(=C\C=NC)c1cc(=O)n(C)c(N2CCNC(c3ccc(N(C)C)cc3)C2)n1.CC. The summed E-state index contributed by atoms with van der Waals surface area (Å²) in [7, 11) is 7.54. The molecule has 1 aromatic carbocycles. The topological polar surface area (TPSA) is 65.8 Å². The van der Waals surface area contributed by atoms with Gasteiger partial charge in [-0.25, -0.2) is 4.98 Å².